The van der Waals surface area contributed by atoms with E-state index in [1.807, 2.05) is 48.5 Å². The molecule has 1 aliphatic rings. The number of benzene rings is 3. The minimum absolute atomic E-state index is 0.0874. The van der Waals surface area contributed by atoms with Crippen LogP contribution in [0.1, 0.15) is 24.0 Å². The van der Waals surface area contributed by atoms with E-state index in [1.54, 1.807) is 32.4 Å². The van der Waals surface area contributed by atoms with Crippen molar-refractivity contribution in [2.45, 2.75) is 38.1 Å². The van der Waals surface area contributed by atoms with Gasteiger partial charge in [-0.25, -0.2) is 4.98 Å². The van der Waals surface area contributed by atoms with Gasteiger partial charge in [-0.3, -0.25) is 10.1 Å². The van der Waals surface area contributed by atoms with Gasteiger partial charge in [-0.05, 0) is 48.7 Å². The van der Waals surface area contributed by atoms with Crippen LogP contribution in [0.3, 0.4) is 0 Å². The lowest BCUT2D eigenvalue weighted by Crippen LogP contribution is -2.44. The Labute approximate surface area is 243 Å². The van der Waals surface area contributed by atoms with Gasteiger partial charge in [0.05, 0.1) is 44.0 Å². The Morgan fingerprint density at radius 2 is 1.93 bits per heavy atom. The van der Waals surface area contributed by atoms with Crippen molar-refractivity contribution >= 4 is 33.9 Å². The molecular formula is C31H32ClN3O6. The zero-order valence-electron chi connectivity index (χ0n) is 23.0. The first-order valence-electron chi connectivity index (χ1n) is 13.4. The van der Waals surface area contributed by atoms with E-state index < -0.39 is 0 Å². The molecule has 0 unspecified atom stereocenters. The van der Waals surface area contributed by atoms with Gasteiger partial charge in [0.2, 0.25) is 0 Å². The molecule has 0 saturated carbocycles. The van der Waals surface area contributed by atoms with Crippen LogP contribution in [0.4, 0.5) is 11.4 Å². The highest BCUT2D eigenvalue weighted by Crippen LogP contribution is 2.41. The second-order valence-electron chi connectivity index (χ2n) is 9.89. The molecular weight excluding hydrogens is 546 g/mol. The van der Waals surface area contributed by atoms with Crippen LogP contribution in [-0.4, -0.2) is 49.5 Å². The van der Waals surface area contributed by atoms with Crippen molar-refractivity contribution in [3.8, 4) is 11.5 Å². The number of aromatic nitrogens is 1. The molecule has 1 saturated heterocycles. The third kappa shape index (κ3) is 6.70. The van der Waals surface area contributed by atoms with Gasteiger partial charge in [0, 0.05) is 41.2 Å². The number of halogens is 1. The largest absolute Gasteiger partial charge is 0.497 e. The average molecular weight is 578 g/mol. The lowest BCUT2D eigenvalue weighted by atomic mass is 9.98. The summed E-state index contributed by atoms with van der Waals surface area (Å²) >= 11 is 6.40. The first kappa shape index (κ1) is 28.6. The highest BCUT2D eigenvalue weighted by Gasteiger charge is 2.33. The summed E-state index contributed by atoms with van der Waals surface area (Å²) < 4.78 is 23.2. The average Bonchev–Trinajstić information content (AvgIpc) is 3.00. The molecule has 3 aromatic carbocycles. The van der Waals surface area contributed by atoms with Gasteiger partial charge in [0.25, 0.3) is 0 Å². The molecule has 1 aromatic heterocycles. The lowest BCUT2D eigenvalue weighted by Gasteiger charge is -2.39. The molecule has 1 fully saturated rings. The van der Waals surface area contributed by atoms with E-state index in [1.165, 1.54) is 6.20 Å². The summed E-state index contributed by atoms with van der Waals surface area (Å²) in [5, 5.41) is 13.4. The molecule has 0 radical (unpaired) electrons. The molecule has 5 rings (SSSR count). The van der Waals surface area contributed by atoms with E-state index in [0.29, 0.717) is 72.3 Å². The van der Waals surface area contributed by atoms with Gasteiger partial charge in [-0.2, -0.15) is 0 Å². The first-order valence-corrected chi connectivity index (χ1v) is 13.8. The monoisotopic (exact) mass is 577 g/mol. The van der Waals surface area contributed by atoms with Crippen LogP contribution in [0.25, 0.3) is 10.9 Å². The smallest absolute Gasteiger partial charge is 0.311 e. The number of fused-ring (bicyclic) bond motifs is 1. The molecule has 0 N–H and O–H groups in total. The van der Waals surface area contributed by atoms with Crippen molar-refractivity contribution in [2.24, 2.45) is 0 Å². The fourth-order valence-corrected chi connectivity index (χ4v) is 5.45. The van der Waals surface area contributed by atoms with Crippen LogP contribution in [0, 0.1) is 10.1 Å². The standard InChI is InChI=1S/C31H32ClN3O6/c1-38-25-10-8-22(30(16-25)39-2)18-34(31-27-14-23(32)9-11-28(27)33-17-29(31)35(36)37)24-12-13-41-26(15-24)20-40-19-21-6-4-3-5-7-21/h3-11,14,16-17,24,26H,12-13,15,18-20H2,1-2H3/t24-,26+/m0/s1. The lowest BCUT2D eigenvalue weighted by molar-refractivity contribution is -0.384. The molecule has 10 heteroatoms. The van der Waals surface area contributed by atoms with Crippen molar-refractivity contribution in [3.05, 3.63) is 99.2 Å². The topological polar surface area (TPSA) is 96.2 Å². The Bertz CT molecular complexity index is 1500. The molecule has 2 atom stereocenters. The number of methoxy groups -OCH3 is 2. The molecule has 41 heavy (non-hydrogen) atoms. The summed E-state index contributed by atoms with van der Waals surface area (Å²) in [7, 11) is 3.19. The Kier molecular flexibility index (Phi) is 9.18. The normalized spacial score (nSPS) is 16.9. The third-order valence-corrected chi connectivity index (χ3v) is 7.53. The van der Waals surface area contributed by atoms with E-state index >= 15 is 0 Å². The van der Waals surface area contributed by atoms with Crippen molar-refractivity contribution in [1.29, 1.82) is 0 Å². The quantitative estimate of drug-likeness (QED) is 0.146. The molecule has 0 bridgehead atoms. The molecule has 4 aromatic rings. The summed E-state index contributed by atoms with van der Waals surface area (Å²) in [6.07, 6.45) is 2.45. The van der Waals surface area contributed by atoms with E-state index in [-0.39, 0.29) is 22.8 Å². The van der Waals surface area contributed by atoms with Crippen molar-refractivity contribution in [3.63, 3.8) is 0 Å². The third-order valence-electron chi connectivity index (χ3n) is 7.30. The van der Waals surface area contributed by atoms with Crippen molar-refractivity contribution in [1.82, 2.24) is 4.98 Å². The van der Waals surface area contributed by atoms with Crippen molar-refractivity contribution in [2.75, 3.05) is 32.3 Å². The minimum atomic E-state index is -0.388. The predicted octanol–water partition coefficient (Wildman–Crippen LogP) is 6.58. The van der Waals surface area contributed by atoms with Crippen LogP contribution in [0.2, 0.25) is 5.02 Å². The summed E-state index contributed by atoms with van der Waals surface area (Å²) in [5.74, 6) is 1.29. The van der Waals surface area contributed by atoms with Crippen LogP contribution < -0.4 is 14.4 Å². The Morgan fingerprint density at radius 1 is 1.10 bits per heavy atom. The summed E-state index contributed by atoms with van der Waals surface area (Å²) in [4.78, 5) is 18.4. The van der Waals surface area contributed by atoms with Crippen LogP contribution >= 0.6 is 11.6 Å². The Balaban J connectivity index is 1.52. The number of anilines is 1. The summed E-state index contributed by atoms with van der Waals surface area (Å²) in [6, 6.07) is 20.7. The molecule has 214 valence electrons. The van der Waals surface area contributed by atoms with Crippen LogP contribution in [0.5, 0.6) is 11.5 Å². The summed E-state index contributed by atoms with van der Waals surface area (Å²) in [6.45, 7) is 1.74. The first-order chi connectivity index (χ1) is 20.0. The second-order valence-corrected chi connectivity index (χ2v) is 10.3. The van der Waals surface area contributed by atoms with Gasteiger partial charge in [-0.15, -0.1) is 0 Å². The molecule has 0 aliphatic carbocycles. The predicted molar refractivity (Wildman–Crippen MR) is 158 cm³/mol. The van der Waals surface area contributed by atoms with Gasteiger partial charge >= 0.3 is 5.69 Å². The van der Waals surface area contributed by atoms with Gasteiger partial charge in [0.1, 0.15) is 23.4 Å². The zero-order valence-corrected chi connectivity index (χ0v) is 23.8. The molecule has 0 spiro atoms. The van der Waals surface area contributed by atoms with E-state index in [0.717, 1.165) is 11.1 Å². The van der Waals surface area contributed by atoms with Crippen LogP contribution in [0.15, 0.2) is 72.9 Å². The Hall–Kier alpha value is -3.92. The molecule has 0 amide bonds. The maximum absolute atomic E-state index is 12.4. The van der Waals surface area contributed by atoms with Gasteiger partial charge < -0.3 is 23.8 Å². The number of nitro groups is 1. The maximum Gasteiger partial charge on any atom is 0.311 e. The number of ether oxygens (including phenoxy) is 4. The summed E-state index contributed by atoms with van der Waals surface area (Å²) in [5.41, 5.74) is 2.95. The second kappa shape index (κ2) is 13.2. The van der Waals surface area contributed by atoms with Gasteiger partial charge in [0.15, 0.2) is 0 Å². The molecule has 1 aliphatic heterocycles. The van der Waals surface area contributed by atoms with E-state index in [2.05, 4.69) is 9.88 Å². The van der Waals surface area contributed by atoms with Crippen LogP contribution in [-0.2, 0) is 22.6 Å². The number of hydrogen-bond acceptors (Lipinski definition) is 8. The maximum atomic E-state index is 12.4. The fraction of sp³-hybridized carbons (Fsp3) is 0.323. The minimum Gasteiger partial charge on any atom is -0.497 e. The van der Waals surface area contributed by atoms with E-state index in [9.17, 15) is 10.1 Å². The number of nitrogens with zero attached hydrogens (tertiary/aromatic N) is 3. The van der Waals surface area contributed by atoms with Crippen molar-refractivity contribution < 1.29 is 23.9 Å². The molecule has 9 nitrogen and oxygen atoms in total. The highest BCUT2D eigenvalue weighted by molar-refractivity contribution is 6.31. The SMILES string of the molecule is COc1ccc(CN(c2c([N+](=O)[O-])cnc3ccc(Cl)cc23)[C@H]2CCO[C@@H](COCc3ccccc3)C2)c(OC)c1. The molecule has 2 heterocycles. The zero-order chi connectivity index (χ0) is 28.8. The number of hydrogen-bond donors (Lipinski definition) is 0. The number of rotatable bonds is 11. The highest BCUT2D eigenvalue weighted by atomic mass is 35.5. The fourth-order valence-electron chi connectivity index (χ4n) is 5.27. The van der Waals surface area contributed by atoms with E-state index in [4.69, 9.17) is 30.5 Å². The Morgan fingerprint density at radius 3 is 2.68 bits per heavy atom. The van der Waals surface area contributed by atoms with Gasteiger partial charge in [-0.1, -0.05) is 41.9 Å². The number of pyridine rings is 1.